The van der Waals surface area contributed by atoms with E-state index in [2.05, 4.69) is 38.7 Å². The summed E-state index contributed by atoms with van der Waals surface area (Å²) >= 11 is 6.05. The molecule has 1 rings (SSSR count). The Morgan fingerprint density at radius 3 is 2.38 bits per heavy atom. The first kappa shape index (κ1) is 18.5. The molecule has 1 aromatic carbocycles. The van der Waals surface area contributed by atoms with Crippen molar-refractivity contribution in [2.45, 2.75) is 59.0 Å². The molecule has 120 valence electrons. The highest BCUT2D eigenvalue weighted by atomic mass is 35.5. The molecule has 0 saturated carbocycles. The van der Waals surface area contributed by atoms with Crippen molar-refractivity contribution in [3.63, 3.8) is 0 Å². The lowest BCUT2D eigenvalue weighted by molar-refractivity contribution is 0.160. The van der Waals surface area contributed by atoms with E-state index in [1.165, 1.54) is 12.8 Å². The first-order valence-corrected chi connectivity index (χ1v) is 8.60. The first-order chi connectivity index (χ1) is 9.97. The third-order valence-electron chi connectivity index (χ3n) is 4.06. The van der Waals surface area contributed by atoms with Crippen molar-refractivity contribution in [3.8, 4) is 0 Å². The smallest absolute Gasteiger partial charge is 0.0409 e. The summed E-state index contributed by atoms with van der Waals surface area (Å²) < 4.78 is 0. The minimum Gasteiger partial charge on any atom is -0.324 e. The van der Waals surface area contributed by atoms with Gasteiger partial charge < -0.3 is 10.6 Å². The molecule has 0 radical (unpaired) electrons. The maximum absolute atomic E-state index is 6.34. The zero-order chi connectivity index (χ0) is 15.8. The molecule has 0 aliphatic carbocycles. The van der Waals surface area contributed by atoms with Crippen LogP contribution in [0.5, 0.6) is 0 Å². The lowest BCUT2D eigenvalue weighted by atomic mass is 10.0. The zero-order valence-electron chi connectivity index (χ0n) is 14.0. The standard InChI is InChI=1S/C18H31ClN2/c1-5-17(6-2)21(13-14(3)4)11-10-18(20)15-8-7-9-16(19)12-15/h7-9,12,14,17-18H,5-6,10-11,13,20H2,1-4H3. The monoisotopic (exact) mass is 310 g/mol. The fourth-order valence-electron chi connectivity index (χ4n) is 2.91. The molecule has 0 aromatic heterocycles. The number of benzene rings is 1. The third-order valence-corrected chi connectivity index (χ3v) is 4.30. The summed E-state index contributed by atoms with van der Waals surface area (Å²) in [4.78, 5) is 2.61. The van der Waals surface area contributed by atoms with Crippen LogP contribution in [0.2, 0.25) is 5.02 Å². The van der Waals surface area contributed by atoms with Crippen LogP contribution in [0.25, 0.3) is 0 Å². The topological polar surface area (TPSA) is 29.3 Å². The molecule has 0 aliphatic heterocycles. The molecular formula is C18H31ClN2. The fourth-order valence-corrected chi connectivity index (χ4v) is 3.10. The molecule has 0 amide bonds. The van der Waals surface area contributed by atoms with Gasteiger partial charge in [-0.25, -0.2) is 0 Å². The van der Waals surface area contributed by atoms with Crippen LogP contribution in [0.1, 0.15) is 58.6 Å². The van der Waals surface area contributed by atoms with Crippen LogP contribution in [0.3, 0.4) is 0 Å². The predicted octanol–water partition coefficient (Wildman–Crippen LogP) is 4.88. The Kier molecular flexibility index (Phi) is 8.31. The lowest BCUT2D eigenvalue weighted by Crippen LogP contribution is -2.39. The van der Waals surface area contributed by atoms with Gasteiger partial charge in [0.15, 0.2) is 0 Å². The number of rotatable bonds is 9. The summed E-state index contributed by atoms with van der Waals surface area (Å²) in [5.41, 5.74) is 7.48. The van der Waals surface area contributed by atoms with E-state index in [1.54, 1.807) is 0 Å². The van der Waals surface area contributed by atoms with Crippen LogP contribution >= 0.6 is 11.6 Å². The quantitative estimate of drug-likeness (QED) is 0.704. The van der Waals surface area contributed by atoms with Gasteiger partial charge in [-0.05, 0) is 42.9 Å². The number of hydrogen-bond donors (Lipinski definition) is 1. The van der Waals surface area contributed by atoms with Gasteiger partial charge in [0.1, 0.15) is 0 Å². The van der Waals surface area contributed by atoms with E-state index in [1.807, 2.05) is 18.2 Å². The van der Waals surface area contributed by atoms with Crippen LogP contribution in [-0.2, 0) is 0 Å². The lowest BCUT2D eigenvalue weighted by Gasteiger charge is -2.32. The van der Waals surface area contributed by atoms with E-state index in [4.69, 9.17) is 17.3 Å². The van der Waals surface area contributed by atoms with Crippen LogP contribution in [-0.4, -0.2) is 24.0 Å². The van der Waals surface area contributed by atoms with Crippen molar-refractivity contribution >= 4 is 11.6 Å². The van der Waals surface area contributed by atoms with E-state index in [0.29, 0.717) is 12.0 Å². The van der Waals surface area contributed by atoms with Gasteiger partial charge in [0.05, 0.1) is 0 Å². The summed E-state index contributed by atoms with van der Waals surface area (Å²) in [6.45, 7) is 11.3. The van der Waals surface area contributed by atoms with Crippen LogP contribution in [0.15, 0.2) is 24.3 Å². The second-order valence-corrected chi connectivity index (χ2v) is 6.75. The van der Waals surface area contributed by atoms with Gasteiger partial charge >= 0.3 is 0 Å². The summed E-state index contributed by atoms with van der Waals surface area (Å²) in [5, 5.41) is 0.766. The highest BCUT2D eigenvalue weighted by Crippen LogP contribution is 2.20. The molecule has 0 saturated heterocycles. The Balaban J connectivity index is 2.62. The van der Waals surface area contributed by atoms with E-state index in [9.17, 15) is 0 Å². The molecule has 1 atom stereocenters. The summed E-state index contributed by atoms with van der Waals surface area (Å²) in [7, 11) is 0. The van der Waals surface area contributed by atoms with Gasteiger partial charge in [-0.2, -0.15) is 0 Å². The van der Waals surface area contributed by atoms with E-state index >= 15 is 0 Å². The van der Waals surface area contributed by atoms with Crippen molar-refractivity contribution in [2.24, 2.45) is 11.7 Å². The molecule has 3 heteroatoms. The van der Waals surface area contributed by atoms with Crippen LogP contribution in [0, 0.1) is 5.92 Å². The average Bonchev–Trinajstić information content (AvgIpc) is 2.45. The largest absolute Gasteiger partial charge is 0.324 e. The van der Waals surface area contributed by atoms with Crippen LogP contribution in [0.4, 0.5) is 0 Å². The van der Waals surface area contributed by atoms with Gasteiger partial charge in [-0.3, -0.25) is 0 Å². The predicted molar refractivity (Wildman–Crippen MR) is 93.8 cm³/mol. The highest BCUT2D eigenvalue weighted by Gasteiger charge is 2.17. The Hall–Kier alpha value is -0.570. The van der Waals surface area contributed by atoms with E-state index in [-0.39, 0.29) is 6.04 Å². The number of hydrogen-bond acceptors (Lipinski definition) is 2. The third kappa shape index (κ3) is 6.37. The van der Waals surface area contributed by atoms with Gasteiger partial charge in [-0.15, -0.1) is 0 Å². The van der Waals surface area contributed by atoms with Crippen molar-refractivity contribution in [2.75, 3.05) is 13.1 Å². The molecule has 0 heterocycles. The molecule has 2 nitrogen and oxygen atoms in total. The number of halogens is 1. The van der Waals surface area contributed by atoms with Crippen molar-refractivity contribution in [1.82, 2.24) is 4.90 Å². The Morgan fingerprint density at radius 1 is 1.19 bits per heavy atom. The minimum atomic E-state index is 0.0627. The van der Waals surface area contributed by atoms with E-state index in [0.717, 1.165) is 30.1 Å². The summed E-state index contributed by atoms with van der Waals surface area (Å²) in [5.74, 6) is 0.688. The van der Waals surface area contributed by atoms with E-state index < -0.39 is 0 Å². The highest BCUT2D eigenvalue weighted by molar-refractivity contribution is 6.30. The molecule has 21 heavy (non-hydrogen) atoms. The van der Waals surface area contributed by atoms with Crippen molar-refractivity contribution in [1.29, 1.82) is 0 Å². The number of nitrogens with two attached hydrogens (primary N) is 1. The molecule has 0 spiro atoms. The first-order valence-electron chi connectivity index (χ1n) is 8.22. The Bertz CT molecular complexity index is 402. The van der Waals surface area contributed by atoms with Crippen molar-refractivity contribution in [3.05, 3.63) is 34.9 Å². The second-order valence-electron chi connectivity index (χ2n) is 6.31. The molecule has 0 bridgehead atoms. The molecule has 1 aromatic rings. The average molecular weight is 311 g/mol. The molecular weight excluding hydrogens is 280 g/mol. The maximum Gasteiger partial charge on any atom is 0.0409 e. The van der Waals surface area contributed by atoms with Gasteiger partial charge in [0.25, 0.3) is 0 Å². The minimum absolute atomic E-state index is 0.0627. The molecule has 0 fully saturated rings. The van der Waals surface area contributed by atoms with Gasteiger partial charge in [0, 0.05) is 30.2 Å². The summed E-state index contributed by atoms with van der Waals surface area (Å²) in [6.07, 6.45) is 3.38. The zero-order valence-corrected chi connectivity index (χ0v) is 14.7. The Morgan fingerprint density at radius 2 is 1.86 bits per heavy atom. The van der Waals surface area contributed by atoms with Gasteiger partial charge in [-0.1, -0.05) is 51.4 Å². The fraction of sp³-hybridized carbons (Fsp3) is 0.667. The molecule has 2 N–H and O–H groups in total. The Labute approximate surface area is 135 Å². The van der Waals surface area contributed by atoms with Crippen molar-refractivity contribution < 1.29 is 0 Å². The number of nitrogens with zero attached hydrogens (tertiary/aromatic N) is 1. The second kappa shape index (κ2) is 9.45. The molecule has 1 unspecified atom stereocenters. The van der Waals surface area contributed by atoms with Crippen LogP contribution < -0.4 is 5.73 Å². The normalized spacial score (nSPS) is 13.4. The van der Waals surface area contributed by atoms with Gasteiger partial charge in [0.2, 0.25) is 0 Å². The SMILES string of the molecule is CCC(CC)N(CCC(N)c1cccc(Cl)c1)CC(C)C. The molecule has 0 aliphatic rings. The maximum atomic E-state index is 6.34. The summed E-state index contributed by atoms with van der Waals surface area (Å²) in [6, 6.07) is 8.65.